The van der Waals surface area contributed by atoms with Crippen LogP contribution in [0.2, 0.25) is 0 Å². The molecule has 8 heteroatoms. The molecule has 2 aromatic heterocycles. The van der Waals surface area contributed by atoms with Crippen LogP contribution in [-0.2, 0) is 0 Å². The van der Waals surface area contributed by atoms with E-state index in [0.29, 0.717) is 28.5 Å². The minimum atomic E-state index is -0.455. The summed E-state index contributed by atoms with van der Waals surface area (Å²) in [6.45, 7) is 2.35. The van der Waals surface area contributed by atoms with Crippen molar-refractivity contribution in [1.29, 1.82) is 0 Å². The third-order valence-electron chi connectivity index (χ3n) is 3.75. The molecule has 2 heterocycles. The van der Waals surface area contributed by atoms with Crippen molar-refractivity contribution < 1.29 is 19.1 Å². The number of nitrogens with one attached hydrogen (secondary N) is 2. The molecule has 0 bridgehead atoms. The average molecular weight is 385 g/mol. The molecule has 0 atom stereocenters. The lowest BCUT2D eigenvalue weighted by molar-refractivity contribution is 0.0848. The van der Waals surface area contributed by atoms with Gasteiger partial charge in [-0.25, -0.2) is 0 Å². The Bertz CT molecular complexity index is 934. The molecule has 140 valence electrons. The molecule has 2 N–H and O–H groups in total. The highest BCUT2D eigenvalue weighted by molar-refractivity contribution is 7.12. The van der Waals surface area contributed by atoms with Crippen LogP contribution in [0.3, 0.4) is 0 Å². The van der Waals surface area contributed by atoms with Gasteiger partial charge in [0.1, 0.15) is 4.88 Å². The minimum Gasteiger partial charge on any atom is -0.493 e. The summed E-state index contributed by atoms with van der Waals surface area (Å²) in [7, 11) is 1.50. The Kier molecular flexibility index (Phi) is 5.77. The Labute approximate surface area is 160 Å². The Balaban J connectivity index is 1.68. The first-order valence-corrected chi connectivity index (χ1v) is 9.14. The van der Waals surface area contributed by atoms with Crippen LogP contribution in [-0.4, -0.2) is 30.1 Å². The van der Waals surface area contributed by atoms with Crippen molar-refractivity contribution in [2.45, 2.75) is 6.92 Å². The predicted molar refractivity (Wildman–Crippen MR) is 103 cm³/mol. The number of benzene rings is 1. The van der Waals surface area contributed by atoms with E-state index in [0.717, 1.165) is 5.69 Å². The zero-order valence-electron chi connectivity index (χ0n) is 14.9. The molecule has 0 saturated carbocycles. The van der Waals surface area contributed by atoms with Crippen molar-refractivity contribution >= 4 is 23.2 Å². The molecule has 27 heavy (non-hydrogen) atoms. The number of carbonyl (C=O) groups excluding carboxylic acids is 2. The first kappa shape index (κ1) is 18.5. The van der Waals surface area contributed by atoms with Crippen molar-refractivity contribution in [3.63, 3.8) is 0 Å². The number of amides is 2. The monoisotopic (exact) mass is 385 g/mol. The number of hydrogen-bond acceptors (Lipinski definition) is 5. The number of methoxy groups -OCH3 is 1. The molecule has 0 unspecified atom stereocenters. The predicted octanol–water partition coefficient (Wildman–Crippen LogP) is 3.02. The van der Waals surface area contributed by atoms with Gasteiger partial charge in [0.05, 0.1) is 19.4 Å². The van der Waals surface area contributed by atoms with Crippen LogP contribution in [0.25, 0.3) is 5.69 Å². The van der Waals surface area contributed by atoms with E-state index >= 15 is 0 Å². The molecule has 0 aliphatic heterocycles. The van der Waals surface area contributed by atoms with Gasteiger partial charge < -0.3 is 14.0 Å². The number of rotatable bonds is 6. The summed E-state index contributed by atoms with van der Waals surface area (Å²) in [5.74, 6) is 0.156. The zero-order chi connectivity index (χ0) is 19.2. The quantitative estimate of drug-likeness (QED) is 0.639. The third kappa shape index (κ3) is 4.12. The van der Waals surface area contributed by atoms with Gasteiger partial charge in [-0.1, -0.05) is 0 Å². The fourth-order valence-electron chi connectivity index (χ4n) is 2.50. The Morgan fingerprint density at radius 2 is 1.81 bits per heavy atom. The normalized spacial score (nSPS) is 10.3. The lowest BCUT2D eigenvalue weighted by atomic mass is 10.2. The molecule has 7 nitrogen and oxygen atoms in total. The second kappa shape index (κ2) is 8.41. The summed E-state index contributed by atoms with van der Waals surface area (Å²) in [5.41, 5.74) is 5.96. The molecule has 1 aromatic carbocycles. The third-order valence-corrected chi connectivity index (χ3v) is 4.65. The van der Waals surface area contributed by atoms with Gasteiger partial charge >= 0.3 is 0 Å². The number of hydrazine groups is 1. The molecule has 0 saturated heterocycles. The Morgan fingerprint density at radius 3 is 2.52 bits per heavy atom. The lowest BCUT2D eigenvalue weighted by Gasteiger charge is -2.12. The largest absolute Gasteiger partial charge is 0.493 e. The number of ether oxygens (including phenoxy) is 2. The van der Waals surface area contributed by atoms with E-state index < -0.39 is 5.91 Å². The smallest absolute Gasteiger partial charge is 0.281 e. The highest BCUT2D eigenvalue weighted by Crippen LogP contribution is 2.28. The maximum atomic E-state index is 12.4. The molecular formula is C19H19N3O4S. The highest BCUT2D eigenvalue weighted by Gasteiger charge is 2.16. The first-order valence-electron chi connectivity index (χ1n) is 8.26. The summed E-state index contributed by atoms with van der Waals surface area (Å²) in [5, 5.41) is 1.82. The van der Waals surface area contributed by atoms with Gasteiger partial charge in [-0.2, -0.15) is 0 Å². The SMILES string of the molecule is CCOc1ccc(C(=O)NNC(=O)c2sccc2-n2cccc2)cc1OC. The van der Waals surface area contributed by atoms with Gasteiger partial charge in [0.25, 0.3) is 11.8 Å². The van der Waals surface area contributed by atoms with Crippen molar-refractivity contribution in [3.8, 4) is 17.2 Å². The van der Waals surface area contributed by atoms with Crippen molar-refractivity contribution in [2.75, 3.05) is 13.7 Å². The maximum absolute atomic E-state index is 12.4. The number of carbonyl (C=O) groups is 2. The van der Waals surface area contributed by atoms with Crippen LogP contribution >= 0.6 is 11.3 Å². The first-order chi connectivity index (χ1) is 13.1. The summed E-state index contributed by atoms with van der Waals surface area (Å²) in [6, 6.07) is 10.4. The summed E-state index contributed by atoms with van der Waals surface area (Å²) < 4.78 is 12.5. The van der Waals surface area contributed by atoms with Gasteiger partial charge in [-0.15, -0.1) is 11.3 Å². The average Bonchev–Trinajstić information content (AvgIpc) is 3.37. The molecule has 3 aromatic rings. The molecule has 0 fully saturated rings. The van der Waals surface area contributed by atoms with E-state index in [9.17, 15) is 9.59 Å². The minimum absolute atomic E-state index is 0.340. The van der Waals surface area contributed by atoms with Crippen LogP contribution in [0.5, 0.6) is 11.5 Å². The number of aromatic nitrogens is 1. The van der Waals surface area contributed by atoms with Crippen molar-refractivity contribution in [1.82, 2.24) is 15.4 Å². The molecule has 0 radical (unpaired) electrons. The number of hydrogen-bond donors (Lipinski definition) is 2. The van der Waals surface area contributed by atoms with Crippen LogP contribution in [0.15, 0.2) is 54.2 Å². The van der Waals surface area contributed by atoms with E-state index in [1.807, 2.05) is 47.5 Å². The van der Waals surface area contributed by atoms with Gasteiger partial charge in [0, 0.05) is 18.0 Å². The zero-order valence-corrected chi connectivity index (χ0v) is 15.7. The summed E-state index contributed by atoms with van der Waals surface area (Å²) in [6.07, 6.45) is 3.70. The van der Waals surface area contributed by atoms with Gasteiger partial charge in [0.2, 0.25) is 0 Å². The second-order valence-corrected chi connectivity index (χ2v) is 6.35. The van der Waals surface area contributed by atoms with E-state index in [2.05, 4.69) is 10.9 Å². The van der Waals surface area contributed by atoms with Crippen LogP contribution < -0.4 is 20.3 Å². The van der Waals surface area contributed by atoms with Crippen molar-refractivity contribution in [3.05, 3.63) is 64.6 Å². The topological polar surface area (TPSA) is 81.6 Å². The van der Waals surface area contributed by atoms with Gasteiger partial charge in [0.15, 0.2) is 11.5 Å². The molecule has 0 aliphatic rings. The van der Waals surface area contributed by atoms with E-state index in [1.165, 1.54) is 18.4 Å². The fraction of sp³-hybridized carbons (Fsp3) is 0.158. The van der Waals surface area contributed by atoms with Crippen LogP contribution in [0.4, 0.5) is 0 Å². The Hall–Kier alpha value is -3.26. The summed E-state index contributed by atoms with van der Waals surface area (Å²) in [4.78, 5) is 25.3. The fourth-order valence-corrected chi connectivity index (χ4v) is 3.28. The molecule has 0 spiro atoms. The Morgan fingerprint density at radius 1 is 1.07 bits per heavy atom. The van der Waals surface area contributed by atoms with E-state index in [1.54, 1.807) is 18.2 Å². The van der Waals surface area contributed by atoms with Crippen LogP contribution in [0.1, 0.15) is 27.0 Å². The van der Waals surface area contributed by atoms with E-state index in [-0.39, 0.29) is 5.91 Å². The van der Waals surface area contributed by atoms with E-state index in [4.69, 9.17) is 9.47 Å². The summed E-state index contributed by atoms with van der Waals surface area (Å²) >= 11 is 1.30. The number of thiophene rings is 1. The molecular weight excluding hydrogens is 366 g/mol. The second-order valence-electron chi connectivity index (χ2n) is 5.43. The molecule has 0 aliphatic carbocycles. The highest BCUT2D eigenvalue weighted by atomic mass is 32.1. The standard InChI is InChI=1S/C19H19N3O4S/c1-3-26-15-7-6-13(12-16(15)25-2)18(23)20-21-19(24)17-14(8-11-27-17)22-9-4-5-10-22/h4-12H,3H2,1-2H3,(H,20,23)(H,21,24). The molecule has 2 amide bonds. The lowest BCUT2D eigenvalue weighted by Crippen LogP contribution is -2.41. The maximum Gasteiger partial charge on any atom is 0.281 e. The van der Waals surface area contributed by atoms with Gasteiger partial charge in [-0.3, -0.25) is 20.4 Å². The number of nitrogens with zero attached hydrogens (tertiary/aromatic N) is 1. The van der Waals surface area contributed by atoms with Crippen molar-refractivity contribution in [2.24, 2.45) is 0 Å². The molecule has 3 rings (SSSR count). The van der Waals surface area contributed by atoms with Gasteiger partial charge in [-0.05, 0) is 48.7 Å². The van der Waals surface area contributed by atoms with Crippen LogP contribution in [0, 0.1) is 0 Å².